The number of imidazole rings is 1. The lowest BCUT2D eigenvalue weighted by Crippen LogP contribution is -2.38. The van der Waals surface area contributed by atoms with Crippen molar-refractivity contribution >= 4 is 22.4 Å². The molecule has 1 aliphatic heterocycles. The summed E-state index contributed by atoms with van der Waals surface area (Å²) in [6, 6.07) is 10.7. The Labute approximate surface area is 156 Å². The van der Waals surface area contributed by atoms with Crippen molar-refractivity contribution < 1.29 is 0 Å². The third-order valence-corrected chi connectivity index (χ3v) is 5.13. The number of piperidine rings is 1. The summed E-state index contributed by atoms with van der Waals surface area (Å²) in [5, 5.41) is 17.8. The van der Waals surface area contributed by atoms with Crippen LogP contribution in [0.4, 0.5) is 5.82 Å². The molecule has 134 valence electrons. The van der Waals surface area contributed by atoms with E-state index < -0.39 is 0 Å². The van der Waals surface area contributed by atoms with Gasteiger partial charge >= 0.3 is 0 Å². The second-order valence-electron chi connectivity index (χ2n) is 6.83. The van der Waals surface area contributed by atoms with Crippen molar-refractivity contribution in [2.24, 2.45) is 0 Å². The fourth-order valence-electron chi connectivity index (χ4n) is 3.82. The van der Waals surface area contributed by atoms with Crippen LogP contribution in [0.2, 0.25) is 0 Å². The molecule has 0 radical (unpaired) electrons. The molecule has 1 aliphatic rings. The van der Waals surface area contributed by atoms with Gasteiger partial charge in [0.25, 0.3) is 0 Å². The highest BCUT2D eigenvalue weighted by atomic mass is 15.1. The van der Waals surface area contributed by atoms with E-state index in [2.05, 4.69) is 26.7 Å². The Balaban J connectivity index is 1.70. The van der Waals surface area contributed by atoms with Crippen LogP contribution in [0.3, 0.4) is 0 Å². The minimum absolute atomic E-state index is 0.301. The average Bonchev–Trinajstić information content (AvgIpc) is 3.36. The minimum atomic E-state index is 0.301. The molecule has 7 heteroatoms. The summed E-state index contributed by atoms with van der Waals surface area (Å²) in [4.78, 5) is 12.6. The smallest absolute Gasteiger partial charge is 0.181 e. The third kappa shape index (κ3) is 2.62. The number of nitrogens with one attached hydrogen (secondary N) is 3. The van der Waals surface area contributed by atoms with Crippen molar-refractivity contribution in [3.63, 3.8) is 0 Å². The topological polar surface area (TPSA) is 93.8 Å². The van der Waals surface area contributed by atoms with E-state index in [0.29, 0.717) is 28.9 Å². The van der Waals surface area contributed by atoms with Gasteiger partial charge in [0, 0.05) is 47.6 Å². The predicted octanol–water partition coefficient (Wildman–Crippen LogP) is 2.91. The van der Waals surface area contributed by atoms with Gasteiger partial charge in [-0.3, -0.25) is 4.40 Å². The summed E-state index contributed by atoms with van der Waals surface area (Å²) in [6.45, 7) is 1.95. The molecule has 3 N–H and O–H groups in total. The average molecular weight is 357 g/mol. The van der Waals surface area contributed by atoms with Crippen LogP contribution in [-0.4, -0.2) is 38.5 Å². The van der Waals surface area contributed by atoms with Crippen LogP contribution in [0.15, 0.2) is 42.9 Å². The summed E-state index contributed by atoms with van der Waals surface area (Å²) < 4.78 is 1.82. The van der Waals surface area contributed by atoms with Crippen LogP contribution >= 0.6 is 0 Å². The fraction of sp³-hybridized carbons (Fsp3) is 0.250. The first kappa shape index (κ1) is 15.9. The van der Waals surface area contributed by atoms with Crippen LogP contribution in [0.25, 0.3) is 27.8 Å². The highest BCUT2D eigenvalue weighted by Gasteiger charge is 2.21. The van der Waals surface area contributed by atoms with Crippen molar-refractivity contribution in [3.8, 4) is 17.3 Å². The summed E-state index contributed by atoms with van der Waals surface area (Å²) in [6.07, 6.45) is 7.67. The zero-order valence-corrected chi connectivity index (χ0v) is 14.7. The number of para-hydroxylation sites is 1. The molecule has 0 aliphatic carbocycles. The molecular weight excluding hydrogens is 338 g/mol. The zero-order chi connectivity index (χ0) is 18.2. The lowest BCUT2D eigenvalue weighted by Gasteiger charge is -2.24. The molecule has 0 spiro atoms. The maximum absolute atomic E-state index is 9.84. The Kier molecular flexibility index (Phi) is 3.77. The number of aromatic amines is 1. The van der Waals surface area contributed by atoms with Crippen molar-refractivity contribution in [1.29, 1.82) is 5.26 Å². The van der Waals surface area contributed by atoms with Crippen LogP contribution in [-0.2, 0) is 0 Å². The molecule has 3 aromatic heterocycles. The van der Waals surface area contributed by atoms with Crippen LogP contribution in [0.5, 0.6) is 0 Å². The van der Waals surface area contributed by atoms with Gasteiger partial charge in [-0.05, 0) is 25.5 Å². The molecule has 0 unspecified atom stereocenters. The van der Waals surface area contributed by atoms with Gasteiger partial charge < -0.3 is 15.6 Å². The number of fused-ring (bicyclic) bond motifs is 2. The third-order valence-electron chi connectivity index (χ3n) is 5.13. The Morgan fingerprint density at radius 1 is 1.30 bits per heavy atom. The van der Waals surface area contributed by atoms with Gasteiger partial charge in [-0.25, -0.2) is 9.97 Å². The number of nitriles is 1. The van der Waals surface area contributed by atoms with E-state index >= 15 is 0 Å². The molecule has 4 heterocycles. The molecule has 7 nitrogen and oxygen atoms in total. The van der Waals surface area contributed by atoms with Gasteiger partial charge in [-0.1, -0.05) is 18.2 Å². The van der Waals surface area contributed by atoms with Crippen LogP contribution in [0.1, 0.15) is 18.5 Å². The molecular formula is C20H19N7. The molecule has 0 saturated carbocycles. The first-order chi connectivity index (χ1) is 13.3. The molecule has 1 aromatic carbocycles. The highest BCUT2D eigenvalue weighted by Crippen LogP contribution is 2.32. The molecule has 0 bridgehead atoms. The molecule has 1 atom stereocenters. The lowest BCUT2D eigenvalue weighted by molar-refractivity contribution is 0.479. The van der Waals surface area contributed by atoms with E-state index in [1.54, 1.807) is 6.20 Å². The van der Waals surface area contributed by atoms with Gasteiger partial charge in [0.15, 0.2) is 17.2 Å². The number of benzene rings is 1. The van der Waals surface area contributed by atoms with Crippen LogP contribution < -0.4 is 10.6 Å². The van der Waals surface area contributed by atoms with Gasteiger partial charge in [0.05, 0.1) is 0 Å². The van der Waals surface area contributed by atoms with E-state index in [1.165, 1.54) is 0 Å². The van der Waals surface area contributed by atoms with Crippen LogP contribution in [0, 0.1) is 11.3 Å². The summed E-state index contributed by atoms with van der Waals surface area (Å²) in [7, 11) is 0. The Morgan fingerprint density at radius 2 is 2.22 bits per heavy atom. The standard InChI is InChI=1S/C20H19N7/c21-10-17-18(15-12-24-16-6-2-1-5-14(15)16)26-19(20-23-8-9-27(17)20)25-13-4-3-7-22-11-13/h1-2,5-6,8-9,12-13,22,24H,3-4,7,11H2,(H,25,26)/t13-/m0/s1. The van der Waals surface area contributed by atoms with Gasteiger partial charge in [-0.2, -0.15) is 5.26 Å². The van der Waals surface area contributed by atoms with Gasteiger partial charge in [0.2, 0.25) is 0 Å². The normalized spacial score (nSPS) is 17.2. The Hall–Kier alpha value is -3.37. The second kappa shape index (κ2) is 6.41. The summed E-state index contributed by atoms with van der Waals surface area (Å²) in [5.41, 5.74) is 3.77. The van der Waals surface area contributed by atoms with Crippen molar-refractivity contribution in [2.75, 3.05) is 18.4 Å². The van der Waals surface area contributed by atoms with Crippen molar-refractivity contribution in [3.05, 3.63) is 48.5 Å². The molecule has 1 saturated heterocycles. The molecule has 1 fully saturated rings. The lowest BCUT2D eigenvalue weighted by atomic mass is 10.1. The van der Waals surface area contributed by atoms with Crippen molar-refractivity contribution in [2.45, 2.75) is 18.9 Å². The fourth-order valence-corrected chi connectivity index (χ4v) is 3.82. The van der Waals surface area contributed by atoms with Gasteiger partial charge in [0.1, 0.15) is 11.8 Å². The first-order valence-electron chi connectivity index (χ1n) is 9.16. The van der Waals surface area contributed by atoms with E-state index in [4.69, 9.17) is 4.98 Å². The number of hydrogen-bond donors (Lipinski definition) is 3. The Bertz CT molecular complexity index is 1160. The number of rotatable bonds is 3. The SMILES string of the molecule is N#Cc1c(-c2c[nH]c3ccccc23)nc(N[C@H]2CCCNC2)c2nccn12. The number of aromatic nitrogens is 4. The van der Waals surface area contributed by atoms with Crippen molar-refractivity contribution in [1.82, 2.24) is 24.7 Å². The number of H-pyrrole nitrogens is 1. The van der Waals surface area contributed by atoms with E-state index in [0.717, 1.165) is 42.4 Å². The second-order valence-corrected chi connectivity index (χ2v) is 6.83. The molecule has 27 heavy (non-hydrogen) atoms. The monoisotopic (exact) mass is 357 g/mol. The molecule has 5 rings (SSSR count). The largest absolute Gasteiger partial charge is 0.363 e. The predicted molar refractivity (Wildman–Crippen MR) is 105 cm³/mol. The van der Waals surface area contributed by atoms with E-state index in [9.17, 15) is 5.26 Å². The van der Waals surface area contributed by atoms with E-state index in [1.807, 2.05) is 41.1 Å². The minimum Gasteiger partial charge on any atom is -0.363 e. The zero-order valence-electron chi connectivity index (χ0n) is 14.7. The summed E-state index contributed by atoms with van der Waals surface area (Å²) >= 11 is 0. The van der Waals surface area contributed by atoms with Gasteiger partial charge in [-0.15, -0.1) is 0 Å². The number of anilines is 1. The maximum atomic E-state index is 9.84. The van der Waals surface area contributed by atoms with E-state index in [-0.39, 0.29) is 0 Å². The highest BCUT2D eigenvalue weighted by molar-refractivity contribution is 5.96. The number of hydrogen-bond acceptors (Lipinski definition) is 5. The number of nitrogens with zero attached hydrogens (tertiary/aromatic N) is 4. The summed E-state index contributed by atoms with van der Waals surface area (Å²) in [5.74, 6) is 0.716. The molecule has 4 aromatic rings. The first-order valence-corrected chi connectivity index (χ1v) is 9.16. The molecule has 0 amide bonds. The quantitative estimate of drug-likeness (QED) is 0.524. The maximum Gasteiger partial charge on any atom is 0.181 e. The Morgan fingerprint density at radius 3 is 3.07 bits per heavy atom.